The summed E-state index contributed by atoms with van der Waals surface area (Å²) in [6.07, 6.45) is 0.455. The minimum Gasteiger partial charge on any atom is -0.478 e. The van der Waals surface area contributed by atoms with Gasteiger partial charge < -0.3 is 10.4 Å². The third-order valence-corrected chi connectivity index (χ3v) is 4.71. The van der Waals surface area contributed by atoms with Crippen molar-refractivity contribution in [2.45, 2.75) is 18.4 Å². The maximum Gasteiger partial charge on any atom is 0.340 e. The summed E-state index contributed by atoms with van der Waals surface area (Å²) in [6.45, 7) is 1.60. The molecule has 1 amide bonds. The van der Waals surface area contributed by atoms with Gasteiger partial charge in [-0.25, -0.2) is 13.2 Å². The second kappa shape index (κ2) is 5.21. The van der Waals surface area contributed by atoms with E-state index < -0.39 is 32.5 Å². The second-order valence-corrected chi connectivity index (χ2v) is 6.23. The quantitative estimate of drug-likeness (QED) is 0.651. The van der Waals surface area contributed by atoms with Crippen LogP contribution in [0.1, 0.15) is 22.5 Å². The molecule has 110 valence electrons. The van der Waals surface area contributed by atoms with Crippen LogP contribution in [0.2, 0.25) is 0 Å². The van der Waals surface area contributed by atoms with Gasteiger partial charge in [-0.2, -0.15) is 9.40 Å². The summed E-state index contributed by atoms with van der Waals surface area (Å²) in [5, 5.41) is 17.0. The number of aryl methyl sites for hydroxylation is 1. The number of aromatic carboxylic acids is 1. The number of aromatic amines is 1. The topological polar surface area (TPSA) is 132 Å². The van der Waals surface area contributed by atoms with Crippen LogP contribution in [0.4, 0.5) is 0 Å². The molecule has 1 aromatic heterocycles. The summed E-state index contributed by atoms with van der Waals surface area (Å²) in [6, 6.07) is 0. The van der Waals surface area contributed by atoms with Gasteiger partial charge >= 0.3 is 5.97 Å². The predicted octanol–water partition coefficient (Wildman–Crippen LogP) is -1.07. The standard InChI is InChI=1S/C10H14N4O5S/c1-6-8(10(16)17)9(13-12-6)20(18,19)14-4-2-3-11-7(15)5-14/h2-5H2,1H3,(H,11,15)(H,12,13)(H,16,17). The summed E-state index contributed by atoms with van der Waals surface area (Å²) in [7, 11) is -4.12. The molecule has 1 saturated heterocycles. The number of hydrogen-bond acceptors (Lipinski definition) is 5. The highest BCUT2D eigenvalue weighted by Crippen LogP contribution is 2.21. The van der Waals surface area contributed by atoms with Crippen molar-refractivity contribution in [3.05, 3.63) is 11.3 Å². The Balaban J connectivity index is 2.44. The van der Waals surface area contributed by atoms with Gasteiger partial charge in [-0.3, -0.25) is 9.89 Å². The zero-order valence-corrected chi connectivity index (χ0v) is 11.5. The molecule has 9 nitrogen and oxygen atoms in total. The maximum absolute atomic E-state index is 12.4. The monoisotopic (exact) mass is 302 g/mol. The molecule has 0 spiro atoms. The number of nitrogens with zero attached hydrogens (tertiary/aromatic N) is 2. The molecular weight excluding hydrogens is 288 g/mol. The summed E-state index contributed by atoms with van der Waals surface area (Å²) in [5.41, 5.74) is -0.245. The van der Waals surface area contributed by atoms with E-state index in [1.807, 2.05) is 0 Å². The Kier molecular flexibility index (Phi) is 3.77. The third-order valence-electron chi connectivity index (χ3n) is 2.94. The zero-order chi connectivity index (χ0) is 14.9. The van der Waals surface area contributed by atoms with E-state index in [0.29, 0.717) is 13.0 Å². The lowest BCUT2D eigenvalue weighted by atomic mass is 10.3. The van der Waals surface area contributed by atoms with Crippen molar-refractivity contribution in [1.82, 2.24) is 19.8 Å². The lowest BCUT2D eigenvalue weighted by Crippen LogP contribution is -2.38. The van der Waals surface area contributed by atoms with Gasteiger partial charge in [0.15, 0.2) is 0 Å². The van der Waals surface area contributed by atoms with Gasteiger partial charge in [0, 0.05) is 18.8 Å². The highest BCUT2D eigenvalue weighted by Gasteiger charge is 2.34. The molecule has 1 aliphatic rings. The van der Waals surface area contributed by atoms with E-state index in [1.165, 1.54) is 6.92 Å². The third kappa shape index (κ3) is 2.51. The zero-order valence-electron chi connectivity index (χ0n) is 10.7. The number of hydrogen-bond donors (Lipinski definition) is 3. The molecule has 10 heteroatoms. The lowest BCUT2D eigenvalue weighted by Gasteiger charge is -2.17. The first-order valence-electron chi connectivity index (χ1n) is 5.89. The first-order valence-corrected chi connectivity index (χ1v) is 7.33. The van der Waals surface area contributed by atoms with Crippen LogP contribution in [-0.2, 0) is 14.8 Å². The highest BCUT2D eigenvalue weighted by molar-refractivity contribution is 7.89. The SMILES string of the molecule is Cc1[nH]nc(S(=O)(=O)N2CCCNC(=O)C2)c1C(=O)O. The Morgan fingerprint density at radius 2 is 2.15 bits per heavy atom. The fourth-order valence-corrected chi connectivity index (χ4v) is 3.51. The number of carboxylic acid groups (broad SMARTS) is 1. The summed E-state index contributed by atoms with van der Waals surface area (Å²) in [5.74, 6) is -1.80. The van der Waals surface area contributed by atoms with Crippen LogP contribution in [0.15, 0.2) is 5.03 Å². The molecule has 0 saturated carbocycles. The maximum atomic E-state index is 12.4. The molecule has 1 aliphatic heterocycles. The molecule has 1 aromatic rings. The number of rotatable bonds is 3. The number of H-pyrrole nitrogens is 1. The Morgan fingerprint density at radius 1 is 1.45 bits per heavy atom. The van der Waals surface area contributed by atoms with E-state index in [9.17, 15) is 18.0 Å². The number of carbonyl (C=O) groups excluding carboxylic acids is 1. The van der Waals surface area contributed by atoms with Crippen LogP contribution in [-0.4, -0.2) is 59.5 Å². The first kappa shape index (κ1) is 14.5. The van der Waals surface area contributed by atoms with Gasteiger partial charge in [0.25, 0.3) is 10.0 Å². The first-order chi connectivity index (χ1) is 9.34. The number of sulfonamides is 1. The molecule has 0 aromatic carbocycles. The van der Waals surface area contributed by atoms with Crippen molar-refractivity contribution in [2.75, 3.05) is 19.6 Å². The van der Waals surface area contributed by atoms with Crippen molar-refractivity contribution >= 4 is 21.9 Å². The number of carbonyl (C=O) groups is 2. The van der Waals surface area contributed by atoms with Crippen LogP contribution in [0.5, 0.6) is 0 Å². The smallest absolute Gasteiger partial charge is 0.340 e. The summed E-state index contributed by atoms with van der Waals surface area (Å²) < 4.78 is 25.8. The Bertz CT molecular complexity index is 651. The number of carboxylic acids is 1. The van der Waals surface area contributed by atoms with Gasteiger partial charge in [0.1, 0.15) is 5.56 Å². The van der Waals surface area contributed by atoms with Crippen molar-refractivity contribution in [2.24, 2.45) is 0 Å². The van der Waals surface area contributed by atoms with Gasteiger partial charge in [-0.15, -0.1) is 0 Å². The summed E-state index contributed by atoms with van der Waals surface area (Å²) in [4.78, 5) is 22.6. The molecule has 0 bridgehead atoms. The largest absolute Gasteiger partial charge is 0.478 e. The second-order valence-electron chi connectivity index (χ2n) is 4.38. The highest BCUT2D eigenvalue weighted by atomic mass is 32.2. The lowest BCUT2D eigenvalue weighted by molar-refractivity contribution is -0.120. The average molecular weight is 302 g/mol. The van der Waals surface area contributed by atoms with Crippen LogP contribution in [0.25, 0.3) is 0 Å². The van der Waals surface area contributed by atoms with Crippen molar-refractivity contribution in [3.63, 3.8) is 0 Å². The van der Waals surface area contributed by atoms with Crippen LogP contribution < -0.4 is 5.32 Å². The molecule has 2 heterocycles. The van der Waals surface area contributed by atoms with E-state index in [2.05, 4.69) is 15.5 Å². The van der Waals surface area contributed by atoms with Gasteiger partial charge in [-0.1, -0.05) is 0 Å². The van der Waals surface area contributed by atoms with E-state index in [0.717, 1.165) is 4.31 Å². The Labute approximate surface area is 115 Å². The molecule has 20 heavy (non-hydrogen) atoms. The number of aromatic nitrogens is 2. The average Bonchev–Trinajstić information content (AvgIpc) is 2.61. The van der Waals surface area contributed by atoms with Gasteiger partial charge in [0.2, 0.25) is 10.9 Å². The van der Waals surface area contributed by atoms with Crippen LogP contribution >= 0.6 is 0 Å². The number of amides is 1. The molecule has 1 fully saturated rings. The molecule has 0 radical (unpaired) electrons. The molecule has 2 rings (SSSR count). The molecular formula is C10H14N4O5S. The normalized spacial score (nSPS) is 17.6. The van der Waals surface area contributed by atoms with Crippen molar-refractivity contribution in [3.8, 4) is 0 Å². The van der Waals surface area contributed by atoms with E-state index in [-0.39, 0.29) is 18.8 Å². The predicted molar refractivity (Wildman–Crippen MR) is 66.7 cm³/mol. The molecule has 0 atom stereocenters. The molecule has 0 aliphatic carbocycles. The van der Waals surface area contributed by atoms with Crippen molar-refractivity contribution < 1.29 is 23.1 Å². The summed E-state index contributed by atoms with van der Waals surface area (Å²) >= 11 is 0. The Hall–Kier alpha value is -1.94. The van der Waals surface area contributed by atoms with E-state index >= 15 is 0 Å². The Morgan fingerprint density at radius 3 is 2.80 bits per heavy atom. The molecule has 0 unspecified atom stereocenters. The van der Waals surface area contributed by atoms with Gasteiger partial charge in [0.05, 0.1) is 6.54 Å². The van der Waals surface area contributed by atoms with Gasteiger partial charge in [-0.05, 0) is 13.3 Å². The minimum atomic E-state index is -4.12. The van der Waals surface area contributed by atoms with Crippen LogP contribution in [0, 0.1) is 6.92 Å². The fraction of sp³-hybridized carbons (Fsp3) is 0.500. The molecule has 3 N–H and O–H groups in total. The van der Waals surface area contributed by atoms with Crippen LogP contribution in [0.3, 0.4) is 0 Å². The van der Waals surface area contributed by atoms with Crippen molar-refractivity contribution in [1.29, 1.82) is 0 Å². The minimum absolute atomic E-state index is 0.131. The fourth-order valence-electron chi connectivity index (χ4n) is 1.95. The van der Waals surface area contributed by atoms with E-state index in [4.69, 9.17) is 5.11 Å². The van der Waals surface area contributed by atoms with E-state index in [1.54, 1.807) is 0 Å². The number of nitrogens with one attached hydrogen (secondary N) is 2.